The van der Waals surface area contributed by atoms with Crippen LogP contribution in [0.25, 0.3) is 10.8 Å². The lowest BCUT2D eigenvalue weighted by Gasteiger charge is -2.43. The van der Waals surface area contributed by atoms with E-state index in [1.54, 1.807) is 6.08 Å². The largest absolute Gasteiger partial charge is 0.462 e. The van der Waals surface area contributed by atoms with Crippen LogP contribution in [0.3, 0.4) is 0 Å². The van der Waals surface area contributed by atoms with Gasteiger partial charge in [-0.3, -0.25) is 4.90 Å². The highest BCUT2D eigenvalue weighted by Crippen LogP contribution is 2.37. The lowest BCUT2D eigenvalue weighted by Crippen LogP contribution is -2.56. The average molecular weight is 681 g/mol. The number of halogens is 2. The topological polar surface area (TPSA) is 92.0 Å². The van der Waals surface area contributed by atoms with Crippen molar-refractivity contribution in [3.8, 4) is 12.1 Å². The van der Waals surface area contributed by atoms with Gasteiger partial charge in [0.05, 0.1) is 29.8 Å². The van der Waals surface area contributed by atoms with Crippen LogP contribution in [-0.2, 0) is 13.0 Å². The van der Waals surface area contributed by atoms with Gasteiger partial charge in [0.25, 0.3) is 0 Å². The molecule has 0 spiro atoms. The number of nitrogens with zero attached hydrogens (tertiary/aromatic N) is 7. The molecule has 3 aliphatic rings. The van der Waals surface area contributed by atoms with Gasteiger partial charge in [-0.15, -0.1) is 0 Å². The lowest BCUT2D eigenvalue weighted by molar-refractivity contribution is 0.00402. The zero-order valence-electron chi connectivity index (χ0n) is 25.1. The van der Waals surface area contributed by atoms with Gasteiger partial charge in [-0.05, 0) is 56.4 Å². The average Bonchev–Trinajstić information content (AvgIpc) is 3.46. The number of aliphatic hydroxyl groups is 1. The molecule has 232 valence electrons. The van der Waals surface area contributed by atoms with E-state index < -0.39 is 6.23 Å². The second kappa shape index (κ2) is 14.0. The SMILES string of the molecule is CN1CCC[C@H]1COc1nc2c(c(N3CCN(C(O)/C=C/CBr)[C@@H](CC#N)C3)n1)CCN(c1cccc3cccc(Cl)c13)C2. The van der Waals surface area contributed by atoms with Gasteiger partial charge in [0, 0.05) is 60.2 Å². The Bertz CT molecular complexity index is 1540. The first-order valence-electron chi connectivity index (χ1n) is 15.4. The second-order valence-electron chi connectivity index (χ2n) is 11.8. The summed E-state index contributed by atoms with van der Waals surface area (Å²) in [6.45, 7) is 4.93. The van der Waals surface area contributed by atoms with Crippen LogP contribution in [0.15, 0.2) is 48.6 Å². The minimum Gasteiger partial charge on any atom is -0.462 e. The molecule has 1 unspecified atom stereocenters. The van der Waals surface area contributed by atoms with Crippen molar-refractivity contribution in [2.75, 3.05) is 61.5 Å². The summed E-state index contributed by atoms with van der Waals surface area (Å²) in [6.07, 6.45) is 6.30. The van der Waals surface area contributed by atoms with Crippen LogP contribution in [0, 0.1) is 11.3 Å². The van der Waals surface area contributed by atoms with Gasteiger partial charge in [-0.1, -0.05) is 57.9 Å². The Morgan fingerprint density at radius 1 is 1.14 bits per heavy atom. The van der Waals surface area contributed by atoms with Gasteiger partial charge in [-0.25, -0.2) is 0 Å². The molecule has 0 bridgehead atoms. The van der Waals surface area contributed by atoms with Gasteiger partial charge in [0.2, 0.25) is 0 Å². The molecule has 1 N–H and O–H groups in total. The van der Waals surface area contributed by atoms with E-state index in [9.17, 15) is 10.4 Å². The molecule has 4 heterocycles. The van der Waals surface area contributed by atoms with Crippen molar-refractivity contribution >= 4 is 49.8 Å². The second-order valence-corrected chi connectivity index (χ2v) is 12.9. The molecule has 3 aliphatic heterocycles. The predicted molar refractivity (Wildman–Crippen MR) is 179 cm³/mol. The monoisotopic (exact) mass is 679 g/mol. The van der Waals surface area contributed by atoms with Crippen LogP contribution in [-0.4, -0.2) is 94.9 Å². The third-order valence-electron chi connectivity index (χ3n) is 9.16. The normalized spacial score (nSPS) is 22.0. The Kier molecular flexibility index (Phi) is 9.89. The smallest absolute Gasteiger partial charge is 0.318 e. The number of anilines is 2. The molecule has 6 rings (SSSR count). The molecule has 3 aromatic rings. The fourth-order valence-corrected chi connectivity index (χ4v) is 7.30. The third-order valence-corrected chi connectivity index (χ3v) is 9.85. The van der Waals surface area contributed by atoms with Crippen LogP contribution in [0.5, 0.6) is 6.01 Å². The van der Waals surface area contributed by atoms with E-state index in [0.717, 1.165) is 64.5 Å². The van der Waals surface area contributed by atoms with Gasteiger partial charge in [0.15, 0.2) is 0 Å². The fraction of sp³-hybridized carbons (Fsp3) is 0.485. The highest BCUT2D eigenvalue weighted by Gasteiger charge is 2.34. The maximum Gasteiger partial charge on any atom is 0.318 e. The van der Waals surface area contributed by atoms with E-state index in [2.05, 4.69) is 68.0 Å². The van der Waals surface area contributed by atoms with Crippen molar-refractivity contribution in [1.29, 1.82) is 5.26 Å². The van der Waals surface area contributed by atoms with Gasteiger partial charge in [-0.2, -0.15) is 15.2 Å². The summed E-state index contributed by atoms with van der Waals surface area (Å²) in [5, 5.41) is 24.1. The van der Waals surface area contributed by atoms with Crippen LogP contribution in [0.1, 0.15) is 30.5 Å². The molecule has 0 radical (unpaired) electrons. The number of fused-ring (bicyclic) bond motifs is 2. The van der Waals surface area contributed by atoms with E-state index in [-0.39, 0.29) is 6.04 Å². The Hall–Kier alpha value is -2.94. The first-order valence-corrected chi connectivity index (χ1v) is 16.9. The van der Waals surface area contributed by atoms with Crippen molar-refractivity contribution in [2.45, 2.75) is 50.5 Å². The van der Waals surface area contributed by atoms with E-state index in [4.69, 9.17) is 26.3 Å². The van der Waals surface area contributed by atoms with E-state index >= 15 is 0 Å². The summed E-state index contributed by atoms with van der Waals surface area (Å²) in [6, 6.07) is 15.3. The molecule has 9 nitrogen and oxygen atoms in total. The fourth-order valence-electron chi connectivity index (χ4n) is 6.80. The predicted octanol–water partition coefficient (Wildman–Crippen LogP) is 4.99. The maximum absolute atomic E-state index is 10.8. The van der Waals surface area contributed by atoms with Crippen LogP contribution >= 0.6 is 27.5 Å². The highest BCUT2D eigenvalue weighted by molar-refractivity contribution is 9.09. The van der Waals surface area contributed by atoms with Gasteiger partial charge < -0.3 is 24.5 Å². The van der Waals surface area contributed by atoms with Crippen molar-refractivity contribution in [3.63, 3.8) is 0 Å². The number of rotatable bonds is 9. The Morgan fingerprint density at radius 3 is 2.75 bits per heavy atom. The zero-order chi connectivity index (χ0) is 30.6. The van der Waals surface area contributed by atoms with E-state index in [1.807, 2.05) is 23.1 Å². The Morgan fingerprint density at radius 2 is 1.98 bits per heavy atom. The van der Waals surface area contributed by atoms with Gasteiger partial charge in [0.1, 0.15) is 18.7 Å². The number of benzene rings is 2. The van der Waals surface area contributed by atoms with Crippen molar-refractivity contribution < 1.29 is 9.84 Å². The van der Waals surface area contributed by atoms with Crippen LogP contribution in [0.4, 0.5) is 11.5 Å². The number of likely N-dealkylation sites (tertiary alicyclic amines) is 1. The highest BCUT2D eigenvalue weighted by atomic mass is 79.9. The van der Waals surface area contributed by atoms with Gasteiger partial charge >= 0.3 is 6.01 Å². The summed E-state index contributed by atoms with van der Waals surface area (Å²) in [5.41, 5.74) is 3.18. The molecule has 1 aromatic heterocycles. The van der Waals surface area contributed by atoms with Crippen molar-refractivity contribution in [1.82, 2.24) is 19.8 Å². The van der Waals surface area contributed by atoms with Crippen molar-refractivity contribution in [2.24, 2.45) is 0 Å². The molecule has 11 heteroatoms. The lowest BCUT2D eigenvalue weighted by atomic mass is 10.0. The quantitative estimate of drug-likeness (QED) is 0.248. The number of alkyl halides is 1. The molecule has 44 heavy (non-hydrogen) atoms. The molecular formula is C33H39BrClN7O2. The molecule has 3 atom stereocenters. The third kappa shape index (κ3) is 6.53. The molecule has 0 aliphatic carbocycles. The number of aromatic nitrogens is 2. The number of aliphatic hydroxyl groups excluding tert-OH is 1. The maximum atomic E-state index is 10.8. The standard InChI is InChI=1S/C33H39BrClN7O2/c1-39-16-5-8-25(39)22-44-33-37-28-21-40(29-10-3-7-23-6-2-9-27(35)31(23)29)17-13-26(28)32(38-33)41-18-19-42(24(20-41)12-15-36)30(43)11-4-14-34/h2-4,6-7,9-11,24-25,30,43H,5,8,12-14,16-22H2,1H3/b11-4+/t24-,25-,30?/m0/s1. The molecule has 2 aromatic carbocycles. The van der Waals surface area contributed by atoms with Crippen molar-refractivity contribution in [3.05, 3.63) is 64.8 Å². The summed E-state index contributed by atoms with van der Waals surface area (Å²) in [5.74, 6) is 0.883. The summed E-state index contributed by atoms with van der Waals surface area (Å²) >= 11 is 10.1. The first kappa shape index (κ1) is 31.1. The minimum atomic E-state index is -0.740. The van der Waals surface area contributed by atoms with E-state index in [0.29, 0.717) is 56.6 Å². The Balaban J connectivity index is 1.32. The zero-order valence-corrected chi connectivity index (χ0v) is 27.4. The van der Waals surface area contributed by atoms with Crippen LogP contribution in [0.2, 0.25) is 5.02 Å². The van der Waals surface area contributed by atoms with E-state index in [1.165, 1.54) is 6.42 Å². The minimum absolute atomic E-state index is 0.135. The Labute approximate surface area is 272 Å². The molecule has 0 saturated carbocycles. The number of likely N-dealkylation sites (N-methyl/N-ethyl adjacent to an activating group) is 1. The number of nitriles is 1. The molecular weight excluding hydrogens is 642 g/mol. The summed E-state index contributed by atoms with van der Waals surface area (Å²) in [4.78, 5) is 19.0. The summed E-state index contributed by atoms with van der Waals surface area (Å²) < 4.78 is 6.32. The number of piperazine rings is 1. The first-order chi connectivity index (χ1) is 21.5. The number of hydrogen-bond acceptors (Lipinski definition) is 9. The molecule has 2 saturated heterocycles. The molecule has 2 fully saturated rings. The molecule has 0 amide bonds. The number of hydrogen-bond donors (Lipinski definition) is 1. The number of ether oxygens (including phenoxy) is 1. The summed E-state index contributed by atoms with van der Waals surface area (Å²) in [7, 11) is 2.14. The number of allylic oxidation sites excluding steroid dienone is 1. The van der Waals surface area contributed by atoms with Crippen LogP contribution < -0.4 is 14.5 Å².